The predicted molar refractivity (Wildman–Crippen MR) is 61.7 cm³/mol. The van der Waals surface area contributed by atoms with Crippen LogP contribution >= 0.6 is 0 Å². The Kier molecular flexibility index (Phi) is 3.13. The number of carbonyl (C=O) groups is 1. The van der Waals surface area contributed by atoms with Crippen LogP contribution in [0.3, 0.4) is 0 Å². The van der Waals surface area contributed by atoms with Crippen LogP contribution in [0.4, 0.5) is 14.5 Å². The molecule has 0 radical (unpaired) electrons. The fourth-order valence-corrected chi connectivity index (χ4v) is 2.33. The van der Waals surface area contributed by atoms with Crippen molar-refractivity contribution in [1.82, 2.24) is 0 Å². The zero-order valence-corrected chi connectivity index (χ0v) is 9.91. The molecule has 1 fully saturated rings. The number of halogens is 2. The number of rotatable bonds is 2. The normalized spacial score (nSPS) is 20.4. The average Bonchev–Trinajstić information content (AvgIpc) is 2.65. The lowest BCUT2D eigenvalue weighted by molar-refractivity contribution is -0.117. The van der Waals surface area contributed by atoms with Crippen LogP contribution in [-0.4, -0.2) is 11.9 Å². The Morgan fingerprint density at radius 3 is 2.71 bits per heavy atom. The van der Waals surface area contributed by atoms with E-state index in [1.165, 1.54) is 17.0 Å². The quantitative estimate of drug-likeness (QED) is 0.776. The van der Waals surface area contributed by atoms with Crippen LogP contribution in [-0.2, 0) is 4.79 Å². The van der Waals surface area contributed by atoms with Gasteiger partial charge in [-0.1, -0.05) is 19.9 Å². The molecule has 0 saturated carbocycles. The van der Waals surface area contributed by atoms with E-state index in [0.717, 1.165) is 6.07 Å². The van der Waals surface area contributed by atoms with Crippen molar-refractivity contribution < 1.29 is 13.6 Å². The maximum Gasteiger partial charge on any atom is 0.227 e. The number of benzene rings is 1. The van der Waals surface area contributed by atoms with Crippen molar-refractivity contribution in [3.8, 4) is 0 Å². The summed E-state index contributed by atoms with van der Waals surface area (Å²) < 4.78 is 26.9. The molecule has 92 valence electrons. The molecule has 1 aromatic rings. The summed E-state index contributed by atoms with van der Waals surface area (Å²) in [7, 11) is 0. The number of anilines is 1. The van der Waals surface area contributed by atoms with Crippen LogP contribution in [0.1, 0.15) is 26.7 Å². The summed E-state index contributed by atoms with van der Waals surface area (Å²) in [5, 5.41) is 0. The van der Waals surface area contributed by atoms with Crippen molar-refractivity contribution in [2.75, 3.05) is 4.90 Å². The summed E-state index contributed by atoms with van der Waals surface area (Å²) in [6.07, 6.45) is 1.10. The van der Waals surface area contributed by atoms with Gasteiger partial charge in [0.25, 0.3) is 0 Å². The molecule has 1 aliphatic rings. The van der Waals surface area contributed by atoms with E-state index in [1.807, 2.05) is 13.8 Å². The van der Waals surface area contributed by atoms with Crippen molar-refractivity contribution in [2.45, 2.75) is 32.7 Å². The summed E-state index contributed by atoms with van der Waals surface area (Å²) in [4.78, 5) is 13.2. The zero-order valence-electron chi connectivity index (χ0n) is 9.91. The number of nitrogens with zero attached hydrogens (tertiary/aromatic N) is 1. The highest BCUT2D eigenvalue weighted by atomic mass is 19.2. The first-order chi connectivity index (χ1) is 8.02. The maximum absolute atomic E-state index is 13.7. The second-order valence-corrected chi connectivity index (χ2v) is 4.69. The van der Waals surface area contributed by atoms with E-state index in [-0.39, 0.29) is 23.6 Å². The molecule has 1 amide bonds. The molecule has 1 aromatic carbocycles. The highest BCUT2D eigenvalue weighted by molar-refractivity contribution is 5.96. The summed E-state index contributed by atoms with van der Waals surface area (Å²) in [6.45, 7) is 3.96. The number of carbonyl (C=O) groups excluding carboxylic acids is 1. The minimum Gasteiger partial charge on any atom is -0.306 e. The Labute approximate surface area is 99.2 Å². The van der Waals surface area contributed by atoms with E-state index in [0.29, 0.717) is 12.8 Å². The van der Waals surface area contributed by atoms with Crippen molar-refractivity contribution in [3.05, 3.63) is 29.8 Å². The van der Waals surface area contributed by atoms with Gasteiger partial charge in [0.1, 0.15) is 0 Å². The molecule has 0 N–H and O–H groups in total. The number of amides is 1. The molecule has 1 saturated heterocycles. The van der Waals surface area contributed by atoms with Gasteiger partial charge in [-0.15, -0.1) is 0 Å². The lowest BCUT2D eigenvalue weighted by atomic mass is 10.0. The molecule has 0 aromatic heterocycles. The third-order valence-corrected chi connectivity index (χ3v) is 3.21. The van der Waals surface area contributed by atoms with Crippen LogP contribution in [0.25, 0.3) is 0 Å². The molecule has 2 nitrogen and oxygen atoms in total. The first-order valence-corrected chi connectivity index (χ1v) is 5.78. The van der Waals surface area contributed by atoms with Gasteiger partial charge >= 0.3 is 0 Å². The highest BCUT2D eigenvalue weighted by Crippen LogP contribution is 2.32. The van der Waals surface area contributed by atoms with Gasteiger partial charge in [0, 0.05) is 12.5 Å². The summed E-state index contributed by atoms with van der Waals surface area (Å²) in [6, 6.07) is 3.90. The van der Waals surface area contributed by atoms with E-state index in [4.69, 9.17) is 0 Å². The van der Waals surface area contributed by atoms with Gasteiger partial charge in [-0.3, -0.25) is 4.79 Å². The van der Waals surface area contributed by atoms with Gasteiger partial charge in [-0.2, -0.15) is 0 Å². The molecule has 1 heterocycles. The molecule has 17 heavy (non-hydrogen) atoms. The molecule has 4 heteroatoms. The molecule has 1 atom stereocenters. The lowest BCUT2D eigenvalue weighted by Crippen LogP contribution is -2.37. The molecule has 2 rings (SSSR count). The zero-order chi connectivity index (χ0) is 12.6. The van der Waals surface area contributed by atoms with Gasteiger partial charge in [-0.25, -0.2) is 8.78 Å². The van der Waals surface area contributed by atoms with Gasteiger partial charge in [0.2, 0.25) is 5.91 Å². The Morgan fingerprint density at radius 1 is 1.35 bits per heavy atom. The largest absolute Gasteiger partial charge is 0.306 e. The molecule has 0 bridgehead atoms. The first kappa shape index (κ1) is 12.0. The van der Waals surface area contributed by atoms with Crippen LogP contribution in [0, 0.1) is 17.6 Å². The minimum absolute atomic E-state index is 0.0428. The Hall–Kier alpha value is -1.45. The molecule has 1 aliphatic heterocycles. The van der Waals surface area contributed by atoms with Gasteiger partial charge < -0.3 is 4.90 Å². The average molecular weight is 239 g/mol. The standard InChI is InChI=1S/C13H15F2NO/c1-8(2)10-6-7-12(17)16(10)11-5-3-4-9(14)13(11)15/h3-5,8,10H,6-7H2,1-2H3. The van der Waals surface area contributed by atoms with Gasteiger partial charge in [-0.05, 0) is 24.5 Å². The van der Waals surface area contributed by atoms with Crippen LogP contribution in [0.15, 0.2) is 18.2 Å². The molecule has 1 unspecified atom stereocenters. The maximum atomic E-state index is 13.7. The minimum atomic E-state index is -0.937. The summed E-state index contributed by atoms with van der Waals surface area (Å²) in [5.41, 5.74) is 0.0613. The smallest absolute Gasteiger partial charge is 0.227 e. The molecule has 0 aliphatic carbocycles. The molecular weight excluding hydrogens is 224 g/mol. The van der Waals surface area contributed by atoms with Crippen molar-refractivity contribution in [3.63, 3.8) is 0 Å². The van der Waals surface area contributed by atoms with Crippen molar-refractivity contribution in [2.24, 2.45) is 5.92 Å². The topological polar surface area (TPSA) is 20.3 Å². The second-order valence-electron chi connectivity index (χ2n) is 4.69. The van der Waals surface area contributed by atoms with Crippen molar-refractivity contribution >= 4 is 11.6 Å². The predicted octanol–water partition coefficient (Wildman–Crippen LogP) is 3.12. The highest BCUT2D eigenvalue weighted by Gasteiger charge is 2.35. The van der Waals surface area contributed by atoms with Gasteiger partial charge in [0.15, 0.2) is 11.6 Å². The summed E-state index contributed by atoms with van der Waals surface area (Å²) in [5.74, 6) is -1.75. The second kappa shape index (κ2) is 4.43. The third-order valence-electron chi connectivity index (χ3n) is 3.21. The van der Waals surface area contributed by atoms with E-state index in [1.54, 1.807) is 0 Å². The fraction of sp³-hybridized carbons (Fsp3) is 0.462. The Morgan fingerprint density at radius 2 is 2.06 bits per heavy atom. The monoisotopic (exact) mass is 239 g/mol. The lowest BCUT2D eigenvalue weighted by Gasteiger charge is -2.28. The third kappa shape index (κ3) is 2.04. The number of hydrogen-bond donors (Lipinski definition) is 0. The van der Waals surface area contributed by atoms with E-state index >= 15 is 0 Å². The van der Waals surface area contributed by atoms with Crippen LogP contribution in [0.2, 0.25) is 0 Å². The first-order valence-electron chi connectivity index (χ1n) is 5.78. The Bertz CT molecular complexity index is 445. The fourth-order valence-electron chi connectivity index (χ4n) is 2.33. The Balaban J connectivity index is 2.43. The SMILES string of the molecule is CC(C)C1CCC(=O)N1c1cccc(F)c1F. The molecular formula is C13H15F2NO. The van der Waals surface area contributed by atoms with E-state index in [2.05, 4.69) is 0 Å². The van der Waals surface area contributed by atoms with Crippen LogP contribution < -0.4 is 4.90 Å². The molecule has 0 spiro atoms. The van der Waals surface area contributed by atoms with Crippen molar-refractivity contribution in [1.29, 1.82) is 0 Å². The summed E-state index contributed by atoms with van der Waals surface area (Å²) >= 11 is 0. The van der Waals surface area contributed by atoms with E-state index in [9.17, 15) is 13.6 Å². The van der Waals surface area contributed by atoms with Crippen LogP contribution in [0.5, 0.6) is 0 Å². The number of hydrogen-bond acceptors (Lipinski definition) is 1. The van der Waals surface area contributed by atoms with E-state index < -0.39 is 11.6 Å². The van der Waals surface area contributed by atoms with Gasteiger partial charge in [0.05, 0.1) is 5.69 Å².